The van der Waals surface area contributed by atoms with Crippen molar-refractivity contribution >= 4 is 35.8 Å². The highest BCUT2D eigenvalue weighted by Gasteiger charge is 2.52. The van der Waals surface area contributed by atoms with Crippen LogP contribution in [0.1, 0.15) is 80.6 Å². The van der Waals surface area contributed by atoms with Gasteiger partial charge in [-0.2, -0.15) is 0 Å². The summed E-state index contributed by atoms with van der Waals surface area (Å²) in [6.45, 7) is 18.8. The van der Waals surface area contributed by atoms with Crippen molar-refractivity contribution in [2.24, 2.45) is 11.8 Å². The Balaban J connectivity index is 1.67. The molecule has 0 bridgehead atoms. The molecule has 1 N–H and O–H groups in total. The Kier molecular flexibility index (Phi) is 14.8. The van der Waals surface area contributed by atoms with Crippen molar-refractivity contribution in [1.29, 1.82) is 0 Å². The molecule has 9 atom stereocenters. The van der Waals surface area contributed by atoms with Crippen LogP contribution in [0.3, 0.4) is 0 Å². The zero-order valence-corrected chi connectivity index (χ0v) is 33.9. The third-order valence-corrected chi connectivity index (χ3v) is 10.8. The highest BCUT2D eigenvalue weighted by molar-refractivity contribution is 5.94. The molecule has 0 spiro atoms. The number of hydrogen-bond donors (Lipinski definition) is 1. The molecule has 310 valence electrons. The molecule has 57 heavy (non-hydrogen) atoms. The molecule has 2 aliphatic heterocycles. The molecule has 14 heteroatoms. The summed E-state index contributed by atoms with van der Waals surface area (Å²) in [4.78, 5) is 79.9. The lowest BCUT2D eigenvalue weighted by Gasteiger charge is -2.36. The maximum absolute atomic E-state index is 14.1. The van der Waals surface area contributed by atoms with Crippen LogP contribution in [0.15, 0.2) is 82.5 Å². The second-order valence-electron chi connectivity index (χ2n) is 14.9. The number of esters is 6. The Morgan fingerprint density at radius 1 is 0.947 bits per heavy atom. The maximum Gasteiger partial charge on any atom is 0.342 e. The molecule has 0 aromatic rings. The van der Waals surface area contributed by atoms with E-state index in [2.05, 4.69) is 13.2 Å². The molecule has 4 rings (SSSR count). The summed E-state index contributed by atoms with van der Waals surface area (Å²) >= 11 is 0. The first-order valence-corrected chi connectivity index (χ1v) is 19.1. The predicted molar refractivity (Wildman–Crippen MR) is 205 cm³/mol. The normalized spacial score (nSPS) is 32.3. The van der Waals surface area contributed by atoms with Crippen LogP contribution in [0.5, 0.6) is 0 Å². The van der Waals surface area contributed by atoms with Crippen molar-refractivity contribution in [1.82, 2.24) is 0 Å². The van der Waals surface area contributed by atoms with Gasteiger partial charge in [-0.3, -0.25) is 0 Å². The number of hydrogen-bond acceptors (Lipinski definition) is 14. The summed E-state index contributed by atoms with van der Waals surface area (Å²) in [7, 11) is 1.19. The van der Waals surface area contributed by atoms with E-state index in [1.165, 1.54) is 14.0 Å². The number of carbonyl (C=O) groups excluding carboxylic acids is 6. The first-order valence-electron chi connectivity index (χ1n) is 19.1. The lowest BCUT2D eigenvalue weighted by Crippen LogP contribution is -2.53. The summed E-state index contributed by atoms with van der Waals surface area (Å²) < 4.78 is 39.9. The van der Waals surface area contributed by atoms with E-state index in [4.69, 9.17) is 33.2 Å². The van der Waals surface area contributed by atoms with Crippen molar-refractivity contribution in [2.75, 3.05) is 13.7 Å². The highest BCUT2D eigenvalue weighted by Crippen LogP contribution is 2.40. The van der Waals surface area contributed by atoms with E-state index in [0.29, 0.717) is 31.3 Å². The largest absolute Gasteiger partial charge is 0.466 e. The van der Waals surface area contributed by atoms with Crippen LogP contribution in [0, 0.1) is 11.8 Å². The third-order valence-electron chi connectivity index (χ3n) is 10.8. The van der Waals surface area contributed by atoms with Crippen molar-refractivity contribution in [3.8, 4) is 0 Å². The highest BCUT2D eigenvalue weighted by atomic mass is 16.6. The van der Waals surface area contributed by atoms with E-state index in [1.807, 2.05) is 13.8 Å². The lowest BCUT2D eigenvalue weighted by atomic mass is 9.83. The number of aliphatic hydroxyl groups is 1. The van der Waals surface area contributed by atoms with Crippen molar-refractivity contribution in [3.63, 3.8) is 0 Å². The number of fused-ring (bicyclic) bond motifs is 2. The third kappa shape index (κ3) is 10.1. The summed E-state index contributed by atoms with van der Waals surface area (Å²) in [5, 5.41) is 11.8. The Hall–Kier alpha value is -5.08. The van der Waals surface area contributed by atoms with Crippen molar-refractivity contribution in [2.45, 2.75) is 123 Å². The topological polar surface area (TPSA) is 187 Å². The Labute approximate surface area is 333 Å². The number of carbonyl (C=O) groups is 6. The van der Waals surface area contributed by atoms with Gasteiger partial charge in [0.05, 0.1) is 24.5 Å². The minimum atomic E-state index is -2.52. The lowest BCUT2D eigenvalue weighted by molar-refractivity contribution is -0.194. The monoisotopic (exact) mass is 794 g/mol. The number of allylic oxidation sites excluding steroid dienone is 5. The van der Waals surface area contributed by atoms with Gasteiger partial charge in [0.2, 0.25) is 0 Å². The van der Waals surface area contributed by atoms with Crippen LogP contribution >= 0.6 is 0 Å². The van der Waals surface area contributed by atoms with E-state index in [0.717, 1.165) is 18.1 Å². The predicted octanol–water partition coefficient (Wildman–Crippen LogP) is 4.96. The second kappa shape index (κ2) is 18.9. The van der Waals surface area contributed by atoms with E-state index in [-0.39, 0.29) is 35.3 Å². The van der Waals surface area contributed by atoms with E-state index < -0.39 is 89.9 Å². The van der Waals surface area contributed by atoms with E-state index in [1.54, 1.807) is 51.2 Å². The molecule has 0 unspecified atom stereocenters. The van der Waals surface area contributed by atoms with Gasteiger partial charge < -0.3 is 38.3 Å². The molecule has 0 amide bonds. The molecule has 0 aromatic heterocycles. The molecular formula is C43H54O14. The van der Waals surface area contributed by atoms with Gasteiger partial charge in [0, 0.05) is 35.3 Å². The first kappa shape index (κ1) is 44.6. The molecule has 2 heterocycles. The van der Waals surface area contributed by atoms with Gasteiger partial charge in [0.25, 0.3) is 0 Å². The van der Waals surface area contributed by atoms with Crippen molar-refractivity contribution in [3.05, 3.63) is 82.5 Å². The first-order chi connectivity index (χ1) is 26.8. The Bertz CT molecular complexity index is 1820. The maximum atomic E-state index is 14.1. The van der Waals surface area contributed by atoms with Gasteiger partial charge in [-0.25, -0.2) is 28.8 Å². The van der Waals surface area contributed by atoms with Gasteiger partial charge in [-0.15, -0.1) is 0 Å². The second-order valence-corrected chi connectivity index (χ2v) is 14.9. The smallest absolute Gasteiger partial charge is 0.342 e. The average molecular weight is 795 g/mol. The van der Waals surface area contributed by atoms with Gasteiger partial charge in [0.15, 0.2) is 5.60 Å². The summed E-state index contributed by atoms with van der Waals surface area (Å²) in [6.07, 6.45) is 2.73. The molecular weight excluding hydrogens is 740 g/mol. The molecule has 0 radical (unpaired) electrons. The Morgan fingerprint density at radius 3 is 2.07 bits per heavy atom. The molecule has 4 aliphatic rings. The Morgan fingerprint density at radius 2 is 1.51 bits per heavy atom. The zero-order valence-electron chi connectivity index (χ0n) is 33.9. The molecule has 0 aromatic carbocycles. The average Bonchev–Trinajstić information content (AvgIpc) is 3.59. The zero-order chi connectivity index (χ0) is 42.4. The van der Waals surface area contributed by atoms with Gasteiger partial charge >= 0.3 is 35.8 Å². The molecule has 2 aliphatic carbocycles. The van der Waals surface area contributed by atoms with Gasteiger partial charge in [-0.05, 0) is 86.3 Å². The van der Waals surface area contributed by atoms with Gasteiger partial charge in [-0.1, -0.05) is 42.5 Å². The SMILES string of the molecule is C=C1C(=O)O[C@@H]2/C=C(\C)CC/C=C(/C(=O)OC)[C@H](OCC)[C@@H](OC(=O)[C@](C)(O)[C@H](C)OC(=O)/C3=C/CC/C(C)=C/[C@H]4OC(=O)C(=C)[C@@H]4[C@H](OC(=O)/C(C)=C\C)C3)[C@@H]12. The summed E-state index contributed by atoms with van der Waals surface area (Å²) in [5.74, 6) is -6.88. The van der Waals surface area contributed by atoms with E-state index >= 15 is 0 Å². The molecule has 2 saturated heterocycles. The number of ether oxygens (including phenoxy) is 7. The summed E-state index contributed by atoms with van der Waals surface area (Å²) in [5.41, 5.74) is -0.398. The van der Waals surface area contributed by atoms with E-state index in [9.17, 15) is 33.9 Å². The van der Waals surface area contributed by atoms with Crippen LogP contribution in [-0.4, -0.2) is 96.9 Å². The fourth-order valence-electron chi connectivity index (χ4n) is 7.08. The van der Waals surface area contributed by atoms with Crippen LogP contribution in [0.4, 0.5) is 0 Å². The number of methoxy groups -OCH3 is 1. The minimum absolute atomic E-state index is 0.0315. The number of rotatable bonds is 10. The molecule has 0 saturated carbocycles. The van der Waals surface area contributed by atoms with Crippen LogP contribution in [0.25, 0.3) is 0 Å². The summed E-state index contributed by atoms with van der Waals surface area (Å²) in [6, 6.07) is 0. The molecule has 2 fully saturated rings. The fourth-order valence-corrected chi connectivity index (χ4v) is 7.08. The fraction of sp³-hybridized carbons (Fsp3) is 0.535. The van der Waals surface area contributed by atoms with Crippen LogP contribution in [-0.2, 0) is 61.9 Å². The quantitative estimate of drug-likeness (QED) is 0.135. The van der Waals surface area contributed by atoms with Crippen molar-refractivity contribution < 1.29 is 67.0 Å². The molecule has 14 nitrogen and oxygen atoms in total. The minimum Gasteiger partial charge on any atom is -0.466 e. The standard InChI is InChI=1S/C43H54O14/c1-11-24(5)37(44)54-32-21-28(17-13-15-22(3)19-30-33(32)25(6)38(45)55-30)40(47)53-27(8)43(9,50)42(49)57-36-34-26(7)39(46)56-31(34)20-23(4)16-14-18-29(41(48)51-10)35(36)52-12-2/h11,17-20,27,30-36,50H,6-7,12-16,21H2,1-5,8-10H3/b22-19+,23-20+,24-11-,28-17+,29-18+/t27-,30+,31+,32+,33-,34-,35-,36-,43+/m0/s1. The van der Waals surface area contributed by atoms with Crippen LogP contribution < -0.4 is 0 Å². The van der Waals surface area contributed by atoms with Crippen LogP contribution in [0.2, 0.25) is 0 Å². The van der Waals surface area contributed by atoms with Gasteiger partial charge in [0.1, 0.15) is 36.6 Å².